The van der Waals surface area contributed by atoms with Crippen LogP contribution in [0.5, 0.6) is 0 Å². The number of anilines is 2. The van der Waals surface area contributed by atoms with Crippen molar-refractivity contribution in [1.29, 1.82) is 0 Å². The second-order valence-electron chi connectivity index (χ2n) is 6.40. The molecule has 2 aromatic rings. The lowest BCUT2D eigenvalue weighted by atomic mass is 10.3. The van der Waals surface area contributed by atoms with Gasteiger partial charge >= 0.3 is 0 Å². The average Bonchev–Trinajstić information content (AvgIpc) is 3.23. The van der Waals surface area contributed by atoms with E-state index in [1.807, 2.05) is 0 Å². The van der Waals surface area contributed by atoms with Crippen molar-refractivity contribution in [2.45, 2.75) is 23.1 Å². The molecule has 0 spiro atoms. The quantitative estimate of drug-likeness (QED) is 0.555. The van der Waals surface area contributed by atoms with Crippen LogP contribution in [0.15, 0.2) is 33.5 Å². The first-order valence-electron chi connectivity index (χ1n) is 9.63. The number of sulfonamides is 1. The molecule has 2 heterocycles. The van der Waals surface area contributed by atoms with Crippen LogP contribution in [0.4, 0.5) is 10.8 Å². The summed E-state index contributed by atoms with van der Waals surface area (Å²) in [6.45, 7) is 7.28. The number of amides is 1. The highest BCUT2D eigenvalue weighted by Crippen LogP contribution is 2.28. The lowest BCUT2D eigenvalue weighted by molar-refractivity contribution is -0.113. The van der Waals surface area contributed by atoms with Crippen molar-refractivity contribution in [3.05, 3.63) is 24.3 Å². The van der Waals surface area contributed by atoms with E-state index in [2.05, 4.69) is 20.4 Å². The third-order valence-corrected chi connectivity index (χ3v) is 8.63. The van der Waals surface area contributed by atoms with Gasteiger partial charge in [-0.2, -0.15) is 4.31 Å². The minimum absolute atomic E-state index is 0.158. The summed E-state index contributed by atoms with van der Waals surface area (Å²) >= 11 is 2.75. The van der Waals surface area contributed by atoms with E-state index < -0.39 is 10.0 Å². The molecule has 3 rings (SSSR count). The Balaban J connectivity index is 1.57. The molecule has 0 saturated carbocycles. The van der Waals surface area contributed by atoms with Gasteiger partial charge in [-0.15, -0.1) is 10.2 Å². The molecule has 164 valence electrons. The van der Waals surface area contributed by atoms with Crippen molar-refractivity contribution in [2.24, 2.45) is 0 Å². The Hall–Kier alpha value is -1.73. The van der Waals surface area contributed by atoms with Gasteiger partial charge in [0.2, 0.25) is 21.1 Å². The molecule has 1 aromatic carbocycles. The van der Waals surface area contributed by atoms with Crippen LogP contribution < -0.4 is 10.2 Å². The number of hydrogen-bond donors (Lipinski definition) is 1. The Morgan fingerprint density at radius 2 is 2.00 bits per heavy atom. The standard InChI is InChI=1S/C18H25N5O4S3/c1-3-23(4-2)30(25,26)15-7-5-6-14(12-15)19-16(24)13-28-18-21-20-17(29-18)22-8-10-27-11-9-22/h5-7,12H,3-4,8-11,13H2,1-2H3,(H,19,24). The van der Waals surface area contributed by atoms with Crippen molar-refractivity contribution >= 4 is 49.8 Å². The molecule has 0 bridgehead atoms. The molecule has 1 aromatic heterocycles. The summed E-state index contributed by atoms with van der Waals surface area (Å²) < 4.78 is 32.7. The molecule has 30 heavy (non-hydrogen) atoms. The Bertz CT molecular complexity index is 956. The highest BCUT2D eigenvalue weighted by atomic mass is 32.2. The number of carbonyl (C=O) groups is 1. The summed E-state index contributed by atoms with van der Waals surface area (Å²) in [6.07, 6.45) is 0. The summed E-state index contributed by atoms with van der Waals surface area (Å²) in [5, 5.41) is 11.9. The lowest BCUT2D eigenvalue weighted by Crippen LogP contribution is -2.36. The lowest BCUT2D eigenvalue weighted by Gasteiger charge is -2.25. The molecular weight excluding hydrogens is 446 g/mol. The molecular formula is C18H25N5O4S3. The summed E-state index contributed by atoms with van der Waals surface area (Å²) in [6, 6.07) is 6.31. The van der Waals surface area contributed by atoms with Crippen LogP contribution >= 0.6 is 23.1 Å². The Labute approximate surface area is 184 Å². The molecule has 0 atom stereocenters. The molecule has 9 nitrogen and oxygen atoms in total. The first-order chi connectivity index (χ1) is 14.4. The van der Waals surface area contributed by atoms with Gasteiger partial charge in [-0.25, -0.2) is 8.42 Å². The van der Waals surface area contributed by atoms with Gasteiger partial charge in [0, 0.05) is 31.9 Å². The number of rotatable bonds is 9. The van der Waals surface area contributed by atoms with Crippen LogP contribution in [0.25, 0.3) is 0 Å². The maximum atomic E-state index is 12.7. The molecule has 1 fully saturated rings. The summed E-state index contributed by atoms with van der Waals surface area (Å²) in [7, 11) is -3.58. The first-order valence-corrected chi connectivity index (χ1v) is 12.9. The maximum absolute atomic E-state index is 12.7. The number of aromatic nitrogens is 2. The van der Waals surface area contributed by atoms with Crippen LogP contribution in [0.1, 0.15) is 13.8 Å². The number of nitrogens with one attached hydrogen (secondary N) is 1. The minimum Gasteiger partial charge on any atom is -0.378 e. The molecule has 1 N–H and O–H groups in total. The molecule has 0 unspecified atom stereocenters. The Kier molecular flexibility index (Phi) is 8.06. The van der Waals surface area contributed by atoms with E-state index in [1.54, 1.807) is 26.0 Å². The predicted octanol–water partition coefficient (Wildman–Crippen LogP) is 2.14. The second kappa shape index (κ2) is 10.5. The third kappa shape index (κ3) is 5.70. The number of nitrogens with zero attached hydrogens (tertiary/aromatic N) is 4. The average molecular weight is 472 g/mol. The topological polar surface area (TPSA) is 105 Å². The molecule has 1 amide bonds. The third-order valence-electron chi connectivity index (χ3n) is 4.47. The summed E-state index contributed by atoms with van der Waals surface area (Å²) in [5.74, 6) is -0.0781. The molecule has 12 heteroatoms. The van der Waals surface area contributed by atoms with Crippen molar-refractivity contribution in [1.82, 2.24) is 14.5 Å². The van der Waals surface area contributed by atoms with Crippen molar-refractivity contribution in [3.63, 3.8) is 0 Å². The van der Waals surface area contributed by atoms with E-state index in [0.717, 1.165) is 18.2 Å². The SMILES string of the molecule is CCN(CC)S(=O)(=O)c1cccc(NC(=O)CSc2nnc(N3CCOCC3)s2)c1. The zero-order valence-corrected chi connectivity index (χ0v) is 19.4. The molecule has 1 saturated heterocycles. The Morgan fingerprint density at radius 3 is 2.70 bits per heavy atom. The van der Waals surface area contributed by atoms with Crippen LogP contribution in [0.3, 0.4) is 0 Å². The van der Waals surface area contributed by atoms with Crippen LogP contribution in [-0.4, -0.2) is 74.0 Å². The number of thioether (sulfide) groups is 1. The Morgan fingerprint density at radius 1 is 1.27 bits per heavy atom. The fraction of sp³-hybridized carbons (Fsp3) is 0.500. The monoisotopic (exact) mass is 471 g/mol. The number of carbonyl (C=O) groups excluding carboxylic acids is 1. The number of ether oxygens (including phenoxy) is 1. The van der Waals surface area contributed by atoms with Crippen LogP contribution in [0, 0.1) is 0 Å². The summed E-state index contributed by atoms with van der Waals surface area (Å²) in [4.78, 5) is 14.6. The largest absolute Gasteiger partial charge is 0.378 e. The fourth-order valence-corrected chi connectivity index (χ4v) is 6.11. The maximum Gasteiger partial charge on any atom is 0.243 e. The van der Waals surface area contributed by atoms with Crippen molar-refractivity contribution in [3.8, 4) is 0 Å². The van der Waals surface area contributed by atoms with E-state index in [9.17, 15) is 13.2 Å². The van der Waals surface area contributed by atoms with E-state index in [1.165, 1.54) is 39.5 Å². The van der Waals surface area contributed by atoms with E-state index in [4.69, 9.17) is 4.74 Å². The van der Waals surface area contributed by atoms with E-state index >= 15 is 0 Å². The van der Waals surface area contributed by atoms with Crippen molar-refractivity contribution in [2.75, 3.05) is 55.4 Å². The van der Waals surface area contributed by atoms with Gasteiger partial charge < -0.3 is 15.0 Å². The minimum atomic E-state index is -3.58. The van der Waals surface area contributed by atoms with E-state index in [0.29, 0.717) is 36.3 Å². The molecule has 1 aliphatic rings. The van der Waals surface area contributed by atoms with Gasteiger partial charge in [-0.3, -0.25) is 4.79 Å². The highest BCUT2D eigenvalue weighted by Gasteiger charge is 2.22. The second-order valence-corrected chi connectivity index (χ2v) is 10.5. The fourth-order valence-electron chi connectivity index (χ4n) is 2.91. The number of benzene rings is 1. The molecule has 0 aliphatic carbocycles. The highest BCUT2D eigenvalue weighted by molar-refractivity contribution is 8.01. The van der Waals surface area contributed by atoms with Gasteiger partial charge in [0.25, 0.3) is 0 Å². The first kappa shape index (κ1) is 22.9. The molecule has 0 radical (unpaired) electrons. The van der Waals surface area contributed by atoms with Crippen LogP contribution in [-0.2, 0) is 19.6 Å². The van der Waals surface area contributed by atoms with Gasteiger partial charge in [0.15, 0.2) is 4.34 Å². The van der Waals surface area contributed by atoms with Crippen LogP contribution in [0.2, 0.25) is 0 Å². The van der Waals surface area contributed by atoms with Gasteiger partial charge in [0.1, 0.15) is 0 Å². The van der Waals surface area contributed by atoms with Gasteiger partial charge in [-0.1, -0.05) is 43.0 Å². The smallest absolute Gasteiger partial charge is 0.243 e. The number of morpholine rings is 1. The van der Waals surface area contributed by atoms with Gasteiger partial charge in [0.05, 0.1) is 23.9 Å². The zero-order chi connectivity index (χ0) is 21.6. The normalized spacial score (nSPS) is 14.8. The van der Waals surface area contributed by atoms with E-state index in [-0.39, 0.29) is 16.6 Å². The van der Waals surface area contributed by atoms with Crippen molar-refractivity contribution < 1.29 is 17.9 Å². The predicted molar refractivity (Wildman–Crippen MR) is 119 cm³/mol. The zero-order valence-electron chi connectivity index (χ0n) is 16.9. The van der Waals surface area contributed by atoms with Gasteiger partial charge in [-0.05, 0) is 18.2 Å². The molecule has 1 aliphatic heterocycles. The summed E-state index contributed by atoms with van der Waals surface area (Å²) in [5.41, 5.74) is 0.445. The number of hydrogen-bond acceptors (Lipinski definition) is 9.